The molecule has 2 nitrogen and oxygen atoms in total. The molecule has 0 spiro atoms. The van der Waals surface area contributed by atoms with Crippen molar-refractivity contribution in [1.82, 2.24) is 0 Å². The lowest BCUT2D eigenvalue weighted by Crippen LogP contribution is -2.20. The summed E-state index contributed by atoms with van der Waals surface area (Å²) < 4.78 is 6.66. The highest BCUT2D eigenvalue weighted by molar-refractivity contribution is 9.10. The zero-order valence-corrected chi connectivity index (χ0v) is 10.2. The average molecular weight is 269 g/mol. The van der Waals surface area contributed by atoms with Gasteiger partial charge in [0.25, 0.3) is 0 Å². The monoisotopic (exact) mass is 268 g/mol. The number of carbonyl (C=O) groups is 1. The Morgan fingerprint density at radius 1 is 1.47 bits per heavy atom. The van der Waals surface area contributed by atoms with Crippen LogP contribution in [0.4, 0.5) is 0 Å². The second kappa shape index (κ2) is 4.45. The van der Waals surface area contributed by atoms with Gasteiger partial charge in [-0.15, -0.1) is 0 Å². The van der Waals surface area contributed by atoms with E-state index < -0.39 is 0 Å². The number of carbonyl (C=O) groups excluding carboxylic acids is 1. The van der Waals surface area contributed by atoms with Crippen molar-refractivity contribution in [2.24, 2.45) is 0 Å². The zero-order chi connectivity index (χ0) is 10.8. The molecule has 1 unspecified atom stereocenters. The van der Waals surface area contributed by atoms with Crippen LogP contribution in [0.1, 0.15) is 30.1 Å². The van der Waals surface area contributed by atoms with Crippen molar-refractivity contribution >= 4 is 21.7 Å². The molecule has 1 aliphatic heterocycles. The van der Waals surface area contributed by atoms with Crippen LogP contribution in [0.3, 0.4) is 0 Å². The minimum Gasteiger partial charge on any atom is -0.373 e. The minimum atomic E-state index is -0.0521. The minimum absolute atomic E-state index is 0.0521. The highest BCUT2D eigenvalue weighted by Gasteiger charge is 2.22. The Kier molecular flexibility index (Phi) is 3.22. The van der Waals surface area contributed by atoms with Gasteiger partial charge in [-0.2, -0.15) is 0 Å². The molecular weight excluding hydrogens is 256 g/mol. The molecule has 1 aromatic rings. The van der Waals surface area contributed by atoms with Crippen LogP contribution in [0.25, 0.3) is 0 Å². The molecule has 1 atom stereocenters. The summed E-state index contributed by atoms with van der Waals surface area (Å²) in [4.78, 5) is 11.4. The molecular formula is C12H13BrO2. The molecule has 0 amide bonds. The zero-order valence-electron chi connectivity index (χ0n) is 8.63. The molecule has 3 heteroatoms. The second-order valence-electron chi connectivity index (χ2n) is 3.85. The van der Waals surface area contributed by atoms with E-state index in [0.717, 1.165) is 10.0 Å². The average Bonchev–Trinajstić information content (AvgIpc) is 2.22. The highest BCUT2D eigenvalue weighted by atomic mass is 79.9. The fraction of sp³-hybridized carbons (Fsp3) is 0.417. The fourth-order valence-electron chi connectivity index (χ4n) is 1.84. The topological polar surface area (TPSA) is 26.3 Å². The number of rotatable bonds is 1. The molecule has 80 valence electrons. The van der Waals surface area contributed by atoms with Crippen molar-refractivity contribution in [1.29, 1.82) is 0 Å². The predicted molar refractivity (Wildman–Crippen MR) is 61.8 cm³/mol. The van der Waals surface area contributed by atoms with Crippen molar-refractivity contribution in [3.05, 3.63) is 33.8 Å². The van der Waals surface area contributed by atoms with E-state index in [4.69, 9.17) is 4.74 Å². The van der Waals surface area contributed by atoms with E-state index in [1.54, 1.807) is 0 Å². The summed E-state index contributed by atoms with van der Waals surface area (Å²) in [6.07, 6.45) is 1.02. The van der Waals surface area contributed by atoms with E-state index in [2.05, 4.69) is 15.9 Å². The van der Waals surface area contributed by atoms with Crippen LogP contribution >= 0.6 is 15.9 Å². The summed E-state index contributed by atoms with van der Waals surface area (Å²) in [5.74, 6) is 0.297. The number of hydrogen-bond donors (Lipinski definition) is 0. The van der Waals surface area contributed by atoms with E-state index in [1.165, 1.54) is 5.56 Å². The molecule has 1 fully saturated rings. The van der Waals surface area contributed by atoms with Gasteiger partial charge < -0.3 is 4.74 Å². The molecule has 2 rings (SSSR count). The van der Waals surface area contributed by atoms with Crippen molar-refractivity contribution in [2.45, 2.75) is 25.9 Å². The van der Waals surface area contributed by atoms with E-state index in [-0.39, 0.29) is 6.10 Å². The van der Waals surface area contributed by atoms with Gasteiger partial charge in [-0.05, 0) is 30.2 Å². The maximum absolute atomic E-state index is 11.4. The molecule has 0 bridgehead atoms. The van der Waals surface area contributed by atoms with Gasteiger partial charge in [-0.25, -0.2) is 0 Å². The number of aryl methyl sites for hydroxylation is 1. The Hall–Kier alpha value is -0.670. The lowest BCUT2D eigenvalue weighted by Gasteiger charge is -2.23. The molecule has 0 aromatic heterocycles. The Balaban J connectivity index is 2.27. The van der Waals surface area contributed by atoms with Crippen LogP contribution in [-0.4, -0.2) is 12.4 Å². The van der Waals surface area contributed by atoms with Gasteiger partial charge >= 0.3 is 0 Å². The SMILES string of the molecule is Cc1ccc(Br)cc1C1CC(=O)CCO1. The third-order valence-corrected chi connectivity index (χ3v) is 3.19. The molecule has 0 aliphatic carbocycles. The standard InChI is InChI=1S/C12H13BrO2/c1-8-2-3-9(13)6-11(8)12-7-10(14)4-5-15-12/h2-3,6,12H,4-5,7H2,1H3. The first kappa shape index (κ1) is 10.8. The van der Waals surface area contributed by atoms with Crippen LogP contribution < -0.4 is 0 Å². The Morgan fingerprint density at radius 2 is 2.27 bits per heavy atom. The first-order chi connectivity index (χ1) is 7.16. The molecule has 0 saturated carbocycles. The number of benzene rings is 1. The first-order valence-corrected chi connectivity index (χ1v) is 5.85. The third kappa shape index (κ3) is 2.47. The second-order valence-corrected chi connectivity index (χ2v) is 4.77. The molecule has 0 N–H and O–H groups in total. The third-order valence-electron chi connectivity index (χ3n) is 2.70. The van der Waals surface area contributed by atoms with Crippen molar-refractivity contribution in [3.63, 3.8) is 0 Å². The van der Waals surface area contributed by atoms with Gasteiger partial charge in [0, 0.05) is 17.3 Å². The molecule has 1 aromatic carbocycles. The predicted octanol–water partition coefficient (Wildman–Crippen LogP) is 3.18. The Bertz CT molecular complexity index is 387. The maximum atomic E-state index is 11.4. The fourth-order valence-corrected chi connectivity index (χ4v) is 2.22. The summed E-state index contributed by atoms with van der Waals surface area (Å²) in [6.45, 7) is 2.60. The smallest absolute Gasteiger partial charge is 0.138 e. The first-order valence-electron chi connectivity index (χ1n) is 5.06. The van der Waals surface area contributed by atoms with Crippen LogP contribution in [0.15, 0.2) is 22.7 Å². The summed E-state index contributed by atoms with van der Waals surface area (Å²) in [7, 11) is 0. The van der Waals surface area contributed by atoms with Crippen LogP contribution in [0.5, 0.6) is 0 Å². The number of halogens is 1. The lowest BCUT2D eigenvalue weighted by atomic mass is 9.97. The van der Waals surface area contributed by atoms with Gasteiger partial charge in [-0.1, -0.05) is 22.0 Å². The summed E-state index contributed by atoms with van der Waals surface area (Å²) in [6, 6.07) is 6.09. The van der Waals surface area contributed by atoms with Crippen molar-refractivity contribution < 1.29 is 9.53 Å². The molecule has 1 saturated heterocycles. The van der Waals surface area contributed by atoms with Crippen LogP contribution in [-0.2, 0) is 9.53 Å². The van der Waals surface area contributed by atoms with E-state index in [1.807, 2.05) is 25.1 Å². The molecule has 0 radical (unpaired) electrons. The molecule has 1 aliphatic rings. The van der Waals surface area contributed by atoms with Crippen LogP contribution in [0.2, 0.25) is 0 Å². The maximum Gasteiger partial charge on any atom is 0.138 e. The summed E-state index contributed by atoms with van der Waals surface area (Å²) >= 11 is 3.44. The van der Waals surface area contributed by atoms with E-state index in [9.17, 15) is 4.79 Å². The molecule has 15 heavy (non-hydrogen) atoms. The van der Waals surface area contributed by atoms with E-state index in [0.29, 0.717) is 25.2 Å². The van der Waals surface area contributed by atoms with Crippen molar-refractivity contribution in [2.75, 3.05) is 6.61 Å². The molecule has 1 heterocycles. The lowest BCUT2D eigenvalue weighted by molar-refractivity contribution is -0.128. The number of Topliss-reactive ketones (excluding diaryl/α,β-unsaturated/α-hetero) is 1. The number of ether oxygens (including phenoxy) is 1. The van der Waals surface area contributed by atoms with E-state index >= 15 is 0 Å². The largest absolute Gasteiger partial charge is 0.373 e. The summed E-state index contributed by atoms with van der Waals surface area (Å²) in [5.41, 5.74) is 2.30. The Morgan fingerprint density at radius 3 is 3.00 bits per heavy atom. The van der Waals surface area contributed by atoms with Crippen LogP contribution in [0, 0.1) is 6.92 Å². The Labute approximate surface area is 97.8 Å². The highest BCUT2D eigenvalue weighted by Crippen LogP contribution is 2.30. The number of hydrogen-bond acceptors (Lipinski definition) is 2. The summed E-state index contributed by atoms with van der Waals surface area (Å²) in [5, 5.41) is 0. The van der Waals surface area contributed by atoms with Gasteiger partial charge in [-0.3, -0.25) is 4.79 Å². The van der Waals surface area contributed by atoms with Crippen molar-refractivity contribution in [3.8, 4) is 0 Å². The van der Waals surface area contributed by atoms with Gasteiger partial charge in [0.2, 0.25) is 0 Å². The number of ketones is 1. The van der Waals surface area contributed by atoms with Gasteiger partial charge in [0.05, 0.1) is 12.7 Å². The normalized spacial score (nSPS) is 21.7. The van der Waals surface area contributed by atoms with Gasteiger partial charge in [0.1, 0.15) is 5.78 Å². The van der Waals surface area contributed by atoms with Gasteiger partial charge in [0.15, 0.2) is 0 Å². The quantitative estimate of drug-likeness (QED) is 0.782.